The fourth-order valence-electron chi connectivity index (χ4n) is 1.61. The summed E-state index contributed by atoms with van der Waals surface area (Å²) in [5.41, 5.74) is -0.456. The Morgan fingerprint density at radius 1 is 1.38 bits per heavy atom. The molecule has 0 aliphatic rings. The van der Waals surface area contributed by atoms with E-state index in [1.165, 1.54) is 13.0 Å². The lowest BCUT2D eigenvalue weighted by Gasteiger charge is -2.21. The highest BCUT2D eigenvalue weighted by molar-refractivity contribution is 7.89. The van der Waals surface area contributed by atoms with Crippen molar-refractivity contribution in [2.24, 2.45) is 0 Å². The molecular weight excluding hydrogens is 296 g/mol. The van der Waals surface area contributed by atoms with E-state index in [1.807, 2.05) is 0 Å². The number of aryl methyl sites for hydroxylation is 1. The zero-order chi connectivity index (χ0) is 16.4. The number of sulfonamides is 1. The van der Waals surface area contributed by atoms with E-state index in [0.29, 0.717) is 17.5 Å². The van der Waals surface area contributed by atoms with Crippen LogP contribution in [0, 0.1) is 24.0 Å². The summed E-state index contributed by atoms with van der Waals surface area (Å²) in [6.45, 7) is 6.27. The minimum Gasteiger partial charge on any atom is -0.389 e. The summed E-state index contributed by atoms with van der Waals surface area (Å²) in [7, 11) is -3.91. The van der Waals surface area contributed by atoms with Gasteiger partial charge in [-0.3, -0.25) is 10.1 Å². The largest absolute Gasteiger partial charge is 0.389 e. The van der Waals surface area contributed by atoms with E-state index in [1.54, 1.807) is 20.8 Å². The van der Waals surface area contributed by atoms with Gasteiger partial charge in [0.25, 0.3) is 5.69 Å². The van der Waals surface area contributed by atoms with E-state index < -0.39 is 20.5 Å². The molecule has 0 amide bonds. The topological polar surface area (TPSA) is 110 Å². The molecule has 7 nitrogen and oxygen atoms in total. The van der Waals surface area contributed by atoms with Crippen LogP contribution in [0.25, 0.3) is 0 Å². The van der Waals surface area contributed by atoms with Crippen molar-refractivity contribution in [3.63, 3.8) is 0 Å². The molecule has 2 N–H and O–H groups in total. The SMILES string of the molecule is CCC(C)(O)CNS(=O)(=O)c1cc(C)c(C)c([N+](=O)[O-])c1. The van der Waals surface area contributed by atoms with Crippen molar-refractivity contribution in [3.05, 3.63) is 33.4 Å². The third-order valence-corrected chi connectivity index (χ3v) is 4.91. The molecule has 1 aromatic rings. The van der Waals surface area contributed by atoms with Gasteiger partial charge in [-0.25, -0.2) is 13.1 Å². The number of nitrogens with zero attached hydrogens (tertiary/aromatic N) is 1. The normalized spacial score (nSPS) is 14.7. The van der Waals surface area contributed by atoms with Crippen LogP contribution < -0.4 is 4.72 Å². The van der Waals surface area contributed by atoms with Crippen LogP contribution in [0.3, 0.4) is 0 Å². The highest BCUT2D eigenvalue weighted by atomic mass is 32.2. The molecule has 0 aliphatic carbocycles. The van der Waals surface area contributed by atoms with Crippen LogP contribution in [-0.4, -0.2) is 30.6 Å². The van der Waals surface area contributed by atoms with Gasteiger partial charge in [0.05, 0.1) is 15.4 Å². The van der Waals surface area contributed by atoms with E-state index in [2.05, 4.69) is 4.72 Å². The molecule has 0 radical (unpaired) electrons. The maximum absolute atomic E-state index is 12.2. The Bertz CT molecular complexity index is 653. The third kappa shape index (κ3) is 4.23. The van der Waals surface area contributed by atoms with Crippen LogP contribution in [0.5, 0.6) is 0 Å². The van der Waals surface area contributed by atoms with Crippen LogP contribution in [0.15, 0.2) is 17.0 Å². The fourth-order valence-corrected chi connectivity index (χ4v) is 2.88. The second kappa shape index (κ2) is 6.08. The Kier molecular flexibility index (Phi) is 5.08. The Morgan fingerprint density at radius 2 is 1.95 bits per heavy atom. The molecule has 0 bridgehead atoms. The molecule has 0 fully saturated rings. The smallest absolute Gasteiger partial charge is 0.273 e. The average Bonchev–Trinajstić information content (AvgIpc) is 2.39. The first-order valence-corrected chi connectivity index (χ1v) is 7.96. The van der Waals surface area contributed by atoms with Gasteiger partial charge in [-0.05, 0) is 38.8 Å². The van der Waals surface area contributed by atoms with Crippen molar-refractivity contribution in [2.75, 3.05) is 6.54 Å². The summed E-state index contributed by atoms with van der Waals surface area (Å²) in [5.74, 6) is 0. The zero-order valence-corrected chi connectivity index (χ0v) is 13.3. The lowest BCUT2D eigenvalue weighted by molar-refractivity contribution is -0.385. The molecule has 1 rings (SSSR count). The molecule has 0 saturated heterocycles. The lowest BCUT2D eigenvalue weighted by Crippen LogP contribution is -2.40. The molecule has 1 atom stereocenters. The molecule has 0 aliphatic heterocycles. The molecule has 1 unspecified atom stereocenters. The first-order valence-electron chi connectivity index (χ1n) is 6.48. The Morgan fingerprint density at radius 3 is 2.43 bits per heavy atom. The number of hydrogen-bond donors (Lipinski definition) is 2. The van der Waals surface area contributed by atoms with Crippen molar-refractivity contribution >= 4 is 15.7 Å². The van der Waals surface area contributed by atoms with Crippen LogP contribution >= 0.6 is 0 Å². The van der Waals surface area contributed by atoms with Crippen molar-refractivity contribution in [1.82, 2.24) is 4.72 Å². The van der Waals surface area contributed by atoms with E-state index in [9.17, 15) is 23.6 Å². The number of nitro benzene ring substituents is 1. The molecular formula is C13H20N2O5S. The van der Waals surface area contributed by atoms with Crippen LogP contribution in [0.1, 0.15) is 31.4 Å². The maximum Gasteiger partial charge on any atom is 0.273 e. The molecule has 0 aromatic heterocycles. The number of benzene rings is 1. The molecule has 118 valence electrons. The van der Waals surface area contributed by atoms with E-state index in [4.69, 9.17) is 0 Å². The summed E-state index contributed by atoms with van der Waals surface area (Å²) in [4.78, 5) is 10.2. The Labute approximate surface area is 124 Å². The molecule has 1 aromatic carbocycles. The Hall–Kier alpha value is -1.51. The van der Waals surface area contributed by atoms with Crippen molar-refractivity contribution in [3.8, 4) is 0 Å². The van der Waals surface area contributed by atoms with Gasteiger partial charge >= 0.3 is 0 Å². The quantitative estimate of drug-likeness (QED) is 0.612. The highest BCUT2D eigenvalue weighted by Crippen LogP contribution is 2.25. The van der Waals surface area contributed by atoms with Gasteiger partial charge in [-0.1, -0.05) is 6.92 Å². The van der Waals surface area contributed by atoms with Crippen LogP contribution in [0.2, 0.25) is 0 Å². The standard InChI is InChI=1S/C13H20N2O5S/c1-5-13(4,16)8-14-21(19,20)11-6-9(2)10(3)12(7-11)15(17)18/h6-7,14,16H,5,8H2,1-4H3. The number of nitrogens with one attached hydrogen (secondary N) is 1. The van der Waals surface area contributed by atoms with Crippen molar-refractivity contribution in [1.29, 1.82) is 0 Å². The van der Waals surface area contributed by atoms with Gasteiger partial charge in [-0.2, -0.15) is 0 Å². The summed E-state index contributed by atoms with van der Waals surface area (Å²) < 4.78 is 26.7. The second-order valence-electron chi connectivity index (χ2n) is 5.32. The lowest BCUT2D eigenvalue weighted by atomic mass is 10.1. The highest BCUT2D eigenvalue weighted by Gasteiger charge is 2.25. The van der Waals surface area contributed by atoms with Crippen molar-refractivity contribution in [2.45, 2.75) is 44.6 Å². The molecule has 0 spiro atoms. The van der Waals surface area contributed by atoms with Gasteiger partial charge < -0.3 is 5.11 Å². The van der Waals surface area contributed by atoms with Gasteiger partial charge in [0.2, 0.25) is 10.0 Å². The number of hydrogen-bond acceptors (Lipinski definition) is 5. The Balaban J connectivity index is 3.18. The van der Waals surface area contributed by atoms with Gasteiger partial charge in [0, 0.05) is 18.2 Å². The average molecular weight is 316 g/mol. The van der Waals surface area contributed by atoms with Crippen LogP contribution in [0.4, 0.5) is 5.69 Å². The molecule has 8 heteroatoms. The zero-order valence-electron chi connectivity index (χ0n) is 12.5. The van der Waals surface area contributed by atoms with E-state index in [0.717, 1.165) is 6.07 Å². The molecule has 21 heavy (non-hydrogen) atoms. The maximum atomic E-state index is 12.2. The second-order valence-corrected chi connectivity index (χ2v) is 7.08. The van der Waals surface area contributed by atoms with Crippen LogP contribution in [-0.2, 0) is 10.0 Å². The van der Waals surface area contributed by atoms with Gasteiger partial charge in [0.1, 0.15) is 0 Å². The molecule has 0 saturated carbocycles. The minimum atomic E-state index is -3.91. The number of nitro groups is 1. The summed E-state index contributed by atoms with van der Waals surface area (Å²) in [6.07, 6.45) is 0.378. The number of aliphatic hydroxyl groups is 1. The predicted octanol–water partition coefficient (Wildman–Crippen LogP) is 1.65. The first-order chi connectivity index (χ1) is 9.50. The summed E-state index contributed by atoms with van der Waals surface area (Å²) in [6, 6.07) is 2.41. The summed E-state index contributed by atoms with van der Waals surface area (Å²) in [5, 5.41) is 20.8. The van der Waals surface area contributed by atoms with E-state index >= 15 is 0 Å². The first kappa shape index (κ1) is 17.5. The van der Waals surface area contributed by atoms with Gasteiger partial charge in [-0.15, -0.1) is 0 Å². The predicted molar refractivity (Wildman–Crippen MR) is 78.7 cm³/mol. The minimum absolute atomic E-state index is 0.160. The fraction of sp³-hybridized carbons (Fsp3) is 0.538. The number of rotatable bonds is 6. The van der Waals surface area contributed by atoms with E-state index in [-0.39, 0.29) is 17.1 Å². The van der Waals surface area contributed by atoms with Crippen molar-refractivity contribution < 1.29 is 18.4 Å². The molecule has 0 heterocycles. The monoisotopic (exact) mass is 316 g/mol. The third-order valence-electron chi connectivity index (χ3n) is 3.53. The summed E-state index contributed by atoms with van der Waals surface area (Å²) >= 11 is 0. The van der Waals surface area contributed by atoms with Gasteiger partial charge in [0.15, 0.2) is 0 Å².